The summed E-state index contributed by atoms with van der Waals surface area (Å²) in [5.74, 6) is 0.535. The van der Waals surface area contributed by atoms with Crippen molar-refractivity contribution in [3.8, 4) is 11.1 Å². The number of nitrogens with one attached hydrogen (secondary N) is 1. The van der Waals surface area contributed by atoms with Gasteiger partial charge in [0.1, 0.15) is 0 Å². The maximum Gasteiger partial charge on any atom is 0.317 e. The van der Waals surface area contributed by atoms with Gasteiger partial charge in [-0.3, -0.25) is 4.79 Å². The number of rotatable bonds is 4. The third-order valence-corrected chi connectivity index (χ3v) is 6.10. The number of benzene rings is 1. The van der Waals surface area contributed by atoms with E-state index in [0.717, 1.165) is 35.3 Å². The molecule has 1 fully saturated rings. The number of carbonyl (C=O) groups excluding carboxylic acids is 1. The Morgan fingerprint density at radius 3 is 2.60 bits per heavy atom. The van der Waals surface area contributed by atoms with Gasteiger partial charge in [-0.2, -0.15) is 0 Å². The molecule has 1 aromatic heterocycles. The Labute approximate surface area is 178 Å². The lowest BCUT2D eigenvalue weighted by Crippen LogP contribution is -2.53. The first-order valence-electron chi connectivity index (χ1n) is 10.9. The molecule has 3 heterocycles. The highest BCUT2D eigenvalue weighted by atomic mass is 16.2. The summed E-state index contributed by atoms with van der Waals surface area (Å²) in [5, 5.41) is 3.00. The van der Waals surface area contributed by atoms with E-state index in [4.69, 9.17) is 0 Å². The Morgan fingerprint density at radius 2 is 1.87 bits per heavy atom. The summed E-state index contributed by atoms with van der Waals surface area (Å²) in [4.78, 5) is 30.1. The average molecular weight is 409 g/mol. The summed E-state index contributed by atoms with van der Waals surface area (Å²) in [5.41, 5.74) is 4.10. The summed E-state index contributed by atoms with van der Waals surface area (Å²) < 4.78 is 1.97. The second kappa shape index (κ2) is 8.26. The van der Waals surface area contributed by atoms with Crippen LogP contribution in [0.2, 0.25) is 0 Å². The SMILES string of the molecule is CC(C)NC(=O)N1C[C@H]2C[C@H](C1)c1ccc(-c3ccccc3CN(C)C)c(=O)n1C2. The lowest BCUT2D eigenvalue weighted by atomic mass is 9.83. The van der Waals surface area contributed by atoms with E-state index < -0.39 is 0 Å². The second-order valence-electron chi connectivity index (χ2n) is 9.29. The van der Waals surface area contributed by atoms with E-state index in [-0.39, 0.29) is 23.6 Å². The van der Waals surface area contributed by atoms with E-state index >= 15 is 0 Å². The van der Waals surface area contributed by atoms with Gasteiger partial charge in [0.2, 0.25) is 0 Å². The van der Waals surface area contributed by atoms with E-state index in [9.17, 15) is 9.59 Å². The minimum atomic E-state index is 0.00438. The molecule has 2 aliphatic heterocycles. The Balaban J connectivity index is 1.67. The van der Waals surface area contributed by atoms with Crippen molar-refractivity contribution in [2.75, 3.05) is 27.2 Å². The van der Waals surface area contributed by atoms with Crippen LogP contribution in [0.1, 0.15) is 37.4 Å². The molecule has 0 spiro atoms. The fraction of sp³-hybridized carbons (Fsp3) is 0.500. The Kier molecular flexibility index (Phi) is 5.69. The monoisotopic (exact) mass is 408 g/mol. The summed E-state index contributed by atoms with van der Waals surface area (Å²) in [6.07, 6.45) is 1.04. The molecule has 0 radical (unpaired) electrons. The maximum atomic E-state index is 13.5. The highest BCUT2D eigenvalue weighted by Crippen LogP contribution is 2.36. The number of fused-ring (bicyclic) bond motifs is 4. The molecule has 160 valence electrons. The molecule has 6 heteroatoms. The van der Waals surface area contributed by atoms with Crippen LogP contribution in [0.3, 0.4) is 0 Å². The van der Waals surface area contributed by atoms with Crippen LogP contribution in [0.5, 0.6) is 0 Å². The van der Waals surface area contributed by atoms with Crippen molar-refractivity contribution in [3.63, 3.8) is 0 Å². The van der Waals surface area contributed by atoms with Gasteiger partial charge >= 0.3 is 6.03 Å². The number of pyridine rings is 1. The molecule has 30 heavy (non-hydrogen) atoms. The van der Waals surface area contributed by atoms with Crippen molar-refractivity contribution >= 4 is 6.03 Å². The quantitative estimate of drug-likeness (QED) is 0.846. The summed E-state index contributed by atoms with van der Waals surface area (Å²) >= 11 is 0. The zero-order valence-corrected chi connectivity index (χ0v) is 18.4. The molecular formula is C24H32N4O2. The first kappa shape index (κ1) is 20.7. The van der Waals surface area contributed by atoms with Crippen LogP contribution in [-0.4, -0.2) is 53.6 Å². The Bertz CT molecular complexity index is 995. The standard InChI is InChI=1S/C24H32N4O2/c1-16(2)25-24(30)27-12-17-11-19(15-27)22-10-9-21(23(29)28(22)13-17)20-8-6-5-7-18(20)14-26(3)4/h5-10,16-17,19H,11-15H2,1-4H3,(H,25,30)/t17-,19-/m1/s1. The zero-order valence-electron chi connectivity index (χ0n) is 18.4. The first-order chi connectivity index (χ1) is 14.3. The van der Waals surface area contributed by atoms with Gasteiger partial charge in [-0.25, -0.2) is 4.79 Å². The van der Waals surface area contributed by atoms with Crippen LogP contribution in [-0.2, 0) is 13.1 Å². The van der Waals surface area contributed by atoms with Gasteiger partial charge in [0.05, 0.1) is 0 Å². The van der Waals surface area contributed by atoms with Crippen LogP contribution in [0.4, 0.5) is 4.79 Å². The van der Waals surface area contributed by atoms with E-state index in [1.807, 2.05) is 61.7 Å². The van der Waals surface area contributed by atoms with E-state index in [1.165, 1.54) is 0 Å². The molecule has 2 aromatic rings. The third-order valence-electron chi connectivity index (χ3n) is 6.10. The number of aromatic nitrogens is 1. The van der Waals surface area contributed by atoms with Crippen molar-refractivity contribution in [3.05, 3.63) is 58.0 Å². The predicted octanol–water partition coefficient (Wildman–Crippen LogP) is 3.11. The highest BCUT2D eigenvalue weighted by molar-refractivity contribution is 5.74. The van der Waals surface area contributed by atoms with E-state index in [0.29, 0.717) is 25.6 Å². The average Bonchev–Trinajstić information content (AvgIpc) is 2.68. The smallest absolute Gasteiger partial charge is 0.317 e. The molecule has 1 saturated heterocycles. The van der Waals surface area contributed by atoms with Crippen molar-refractivity contribution < 1.29 is 4.79 Å². The molecule has 0 unspecified atom stereocenters. The Hall–Kier alpha value is -2.60. The molecule has 2 amide bonds. The van der Waals surface area contributed by atoms with Crippen LogP contribution in [0.25, 0.3) is 11.1 Å². The molecule has 0 saturated carbocycles. The molecular weight excluding hydrogens is 376 g/mol. The van der Waals surface area contributed by atoms with Gasteiger partial charge in [-0.05, 0) is 63.5 Å². The zero-order chi connectivity index (χ0) is 21.4. The number of likely N-dealkylation sites (tertiary alicyclic amines) is 1. The van der Waals surface area contributed by atoms with Crippen molar-refractivity contribution in [1.82, 2.24) is 19.7 Å². The van der Waals surface area contributed by atoms with Crippen LogP contribution >= 0.6 is 0 Å². The van der Waals surface area contributed by atoms with Crippen LogP contribution < -0.4 is 10.9 Å². The molecule has 0 aliphatic carbocycles. The van der Waals surface area contributed by atoms with Crippen molar-refractivity contribution in [2.45, 2.75) is 45.3 Å². The van der Waals surface area contributed by atoms with Crippen LogP contribution in [0.15, 0.2) is 41.2 Å². The van der Waals surface area contributed by atoms with Crippen molar-refractivity contribution in [2.24, 2.45) is 5.92 Å². The maximum absolute atomic E-state index is 13.5. The number of nitrogens with zero attached hydrogens (tertiary/aromatic N) is 3. The Morgan fingerprint density at radius 1 is 1.10 bits per heavy atom. The van der Waals surface area contributed by atoms with Gasteiger partial charge in [-0.1, -0.05) is 24.3 Å². The second-order valence-corrected chi connectivity index (χ2v) is 9.29. The number of hydrogen-bond donors (Lipinski definition) is 1. The number of amides is 2. The number of urea groups is 1. The molecule has 2 bridgehead atoms. The van der Waals surface area contributed by atoms with Gasteiger partial charge in [0.25, 0.3) is 5.56 Å². The molecule has 1 aromatic carbocycles. The third kappa shape index (κ3) is 4.01. The molecule has 6 nitrogen and oxygen atoms in total. The van der Waals surface area contributed by atoms with Gasteiger partial charge in [0, 0.05) is 49.4 Å². The fourth-order valence-electron chi connectivity index (χ4n) is 4.92. The highest BCUT2D eigenvalue weighted by Gasteiger charge is 2.36. The van der Waals surface area contributed by atoms with Crippen LogP contribution in [0, 0.1) is 5.92 Å². The minimum absolute atomic E-state index is 0.00438. The largest absolute Gasteiger partial charge is 0.336 e. The predicted molar refractivity (Wildman–Crippen MR) is 120 cm³/mol. The normalized spacial score (nSPS) is 20.4. The number of piperidine rings is 1. The van der Waals surface area contributed by atoms with Gasteiger partial charge in [0.15, 0.2) is 0 Å². The lowest BCUT2D eigenvalue weighted by molar-refractivity contribution is 0.130. The van der Waals surface area contributed by atoms with Gasteiger partial charge in [-0.15, -0.1) is 0 Å². The summed E-state index contributed by atoms with van der Waals surface area (Å²) in [6.45, 7) is 6.82. The fourth-order valence-corrected chi connectivity index (χ4v) is 4.92. The molecule has 4 rings (SSSR count). The molecule has 1 N–H and O–H groups in total. The topological polar surface area (TPSA) is 57.6 Å². The van der Waals surface area contributed by atoms with E-state index in [1.54, 1.807) is 0 Å². The summed E-state index contributed by atoms with van der Waals surface area (Å²) in [6, 6.07) is 12.4. The minimum Gasteiger partial charge on any atom is -0.336 e. The number of carbonyl (C=O) groups is 1. The summed E-state index contributed by atoms with van der Waals surface area (Å²) in [7, 11) is 4.08. The molecule has 2 atom stereocenters. The van der Waals surface area contributed by atoms with Gasteiger partial charge < -0.3 is 19.7 Å². The van der Waals surface area contributed by atoms with E-state index in [2.05, 4.69) is 22.3 Å². The van der Waals surface area contributed by atoms with Crippen molar-refractivity contribution in [1.29, 1.82) is 0 Å². The number of hydrogen-bond acceptors (Lipinski definition) is 3. The first-order valence-corrected chi connectivity index (χ1v) is 10.9. The molecule has 2 aliphatic rings. The lowest BCUT2D eigenvalue weighted by Gasteiger charge is -2.43.